The van der Waals surface area contributed by atoms with Crippen LogP contribution in [-0.4, -0.2) is 106 Å². The second-order valence-electron chi connectivity index (χ2n) is 10.2. The molecule has 0 saturated carbocycles. The number of hydrogen-bond donors (Lipinski definition) is 6. The molecule has 5 atom stereocenters. The number of nitrogens with zero attached hydrogens (tertiary/aromatic N) is 1. The summed E-state index contributed by atoms with van der Waals surface area (Å²) >= 11 is 0.718. The number of carbonyl (C=O) groups excluding carboxylic acids is 6. The minimum atomic E-state index is -1.51. The Morgan fingerprint density at radius 2 is 1.56 bits per heavy atom. The van der Waals surface area contributed by atoms with E-state index in [1.165, 1.54) is 14.0 Å². The van der Waals surface area contributed by atoms with E-state index in [1.54, 1.807) is 24.3 Å². The van der Waals surface area contributed by atoms with Gasteiger partial charge in [0.2, 0.25) is 34.7 Å². The van der Waals surface area contributed by atoms with Gasteiger partial charge in [0, 0.05) is 26.1 Å². The quantitative estimate of drug-likeness (QED) is 0.214. The number of thioether (sulfide) groups is 1. The smallest absolute Gasteiger partial charge is 0.248 e. The van der Waals surface area contributed by atoms with Crippen LogP contribution >= 0.6 is 11.8 Å². The van der Waals surface area contributed by atoms with E-state index in [0.29, 0.717) is 0 Å². The molecule has 0 spiro atoms. The first-order chi connectivity index (χ1) is 19.4. The van der Waals surface area contributed by atoms with Gasteiger partial charge in [0.1, 0.15) is 30.2 Å². The highest BCUT2D eigenvalue weighted by Crippen LogP contribution is 2.15. The third-order valence-electron chi connectivity index (χ3n) is 6.40. The number of aliphatic hydroxyl groups is 2. The Morgan fingerprint density at radius 3 is 2.12 bits per heavy atom. The van der Waals surface area contributed by atoms with Crippen LogP contribution in [0.25, 0.3) is 0 Å². The predicted octanol–water partition coefficient (Wildman–Crippen LogP) is -1.68. The van der Waals surface area contributed by atoms with Gasteiger partial charge in [0.15, 0.2) is 0 Å². The lowest BCUT2D eigenvalue weighted by Crippen LogP contribution is -2.61. The van der Waals surface area contributed by atoms with Crippen LogP contribution < -0.4 is 21.3 Å². The van der Waals surface area contributed by atoms with Crippen molar-refractivity contribution in [1.29, 1.82) is 0 Å². The summed E-state index contributed by atoms with van der Waals surface area (Å²) < 4.78 is 0. The Balaban J connectivity index is 2.52. The Labute approximate surface area is 243 Å². The van der Waals surface area contributed by atoms with E-state index in [2.05, 4.69) is 21.3 Å². The molecule has 1 aliphatic rings. The highest BCUT2D eigenvalue weighted by Gasteiger charge is 2.36. The van der Waals surface area contributed by atoms with E-state index in [1.807, 2.05) is 19.9 Å². The Morgan fingerprint density at radius 1 is 0.951 bits per heavy atom. The van der Waals surface area contributed by atoms with Crippen molar-refractivity contribution in [3.05, 3.63) is 35.9 Å². The molecule has 13 nitrogen and oxygen atoms in total. The molecule has 1 aliphatic heterocycles. The van der Waals surface area contributed by atoms with Gasteiger partial charge >= 0.3 is 0 Å². The van der Waals surface area contributed by atoms with Crippen LogP contribution in [0.5, 0.6) is 0 Å². The van der Waals surface area contributed by atoms with E-state index >= 15 is 0 Å². The zero-order valence-electron chi connectivity index (χ0n) is 23.6. The molecular weight excluding hydrogens is 554 g/mol. The molecule has 6 N–H and O–H groups in total. The summed E-state index contributed by atoms with van der Waals surface area (Å²) in [6.45, 7) is 3.22. The number of amides is 5. The number of likely N-dealkylation sites (N-methyl/N-ethyl adjacent to an activating group) is 1. The summed E-state index contributed by atoms with van der Waals surface area (Å²) in [5.74, 6) is -4.05. The molecule has 1 saturated heterocycles. The Bertz CT molecular complexity index is 1100. The van der Waals surface area contributed by atoms with Crippen LogP contribution in [0.4, 0.5) is 0 Å². The molecule has 0 unspecified atom stereocenters. The van der Waals surface area contributed by atoms with Gasteiger partial charge in [-0.1, -0.05) is 55.9 Å². The summed E-state index contributed by atoms with van der Waals surface area (Å²) in [6.07, 6.45) is 0.327. The second kappa shape index (κ2) is 16.1. The standard InChI is InChI=1S/C27H39N5O8S/c1-15(2)10-18-23(36)30-19(11-17-8-6-5-7-9-17)27(40)41-14-21(28-16(3)35)24(37)31-20(12-33)26(39)32(4)22(13-34)25(38)29-18/h5-9,15,18-22,33-34H,10-14H2,1-4H3,(H,28,35)(H,29,38)(H,30,36)(H,31,37)/t18-,19-,20-,21-,22-/m0/s1. The summed E-state index contributed by atoms with van der Waals surface area (Å²) in [5.41, 5.74) is 0.757. The topological polar surface area (TPSA) is 194 Å². The van der Waals surface area contributed by atoms with Crippen LogP contribution in [0.3, 0.4) is 0 Å². The fourth-order valence-electron chi connectivity index (χ4n) is 4.22. The molecule has 41 heavy (non-hydrogen) atoms. The van der Waals surface area contributed by atoms with Gasteiger partial charge in [-0.3, -0.25) is 28.8 Å². The maximum absolute atomic E-state index is 13.5. The van der Waals surface area contributed by atoms with E-state index in [9.17, 15) is 39.0 Å². The van der Waals surface area contributed by atoms with E-state index < -0.39 is 78.1 Å². The van der Waals surface area contributed by atoms with E-state index in [0.717, 1.165) is 22.2 Å². The summed E-state index contributed by atoms with van der Waals surface area (Å²) in [7, 11) is 1.22. The van der Waals surface area contributed by atoms with Crippen molar-refractivity contribution in [3.8, 4) is 0 Å². The van der Waals surface area contributed by atoms with Gasteiger partial charge in [-0.15, -0.1) is 0 Å². The van der Waals surface area contributed by atoms with Crippen LogP contribution in [0.15, 0.2) is 30.3 Å². The van der Waals surface area contributed by atoms with Crippen LogP contribution in [0, 0.1) is 5.92 Å². The van der Waals surface area contributed by atoms with Crippen molar-refractivity contribution in [3.63, 3.8) is 0 Å². The van der Waals surface area contributed by atoms with Crippen molar-refractivity contribution >= 4 is 46.4 Å². The molecule has 0 radical (unpaired) electrons. The third kappa shape index (κ3) is 10.1. The molecule has 14 heteroatoms. The number of carbonyl (C=O) groups is 6. The molecule has 5 amide bonds. The van der Waals surface area contributed by atoms with Crippen LogP contribution in [-0.2, 0) is 35.2 Å². The predicted molar refractivity (Wildman–Crippen MR) is 151 cm³/mol. The Kier molecular flexibility index (Phi) is 13.2. The molecule has 1 aromatic carbocycles. The van der Waals surface area contributed by atoms with Crippen molar-refractivity contribution in [1.82, 2.24) is 26.2 Å². The van der Waals surface area contributed by atoms with Gasteiger partial charge in [-0.25, -0.2) is 0 Å². The monoisotopic (exact) mass is 593 g/mol. The normalized spacial score (nSPS) is 25.4. The van der Waals surface area contributed by atoms with Crippen molar-refractivity contribution < 1.29 is 39.0 Å². The minimum Gasteiger partial charge on any atom is -0.394 e. The molecule has 1 aromatic rings. The van der Waals surface area contributed by atoms with Gasteiger partial charge in [0.05, 0.1) is 13.2 Å². The van der Waals surface area contributed by atoms with E-state index in [4.69, 9.17) is 0 Å². The fraction of sp³-hybridized carbons (Fsp3) is 0.556. The first-order valence-electron chi connectivity index (χ1n) is 13.2. The fourth-order valence-corrected chi connectivity index (χ4v) is 5.13. The maximum atomic E-state index is 13.5. The lowest BCUT2D eigenvalue weighted by Gasteiger charge is -2.32. The molecular formula is C27H39N5O8S. The molecule has 0 bridgehead atoms. The zero-order chi connectivity index (χ0) is 30.7. The average molecular weight is 594 g/mol. The average Bonchev–Trinajstić information content (AvgIpc) is 2.92. The minimum absolute atomic E-state index is 0.0476. The van der Waals surface area contributed by atoms with Crippen molar-refractivity contribution in [2.45, 2.75) is 63.8 Å². The first kappa shape index (κ1) is 33.7. The zero-order valence-corrected chi connectivity index (χ0v) is 24.4. The Hall–Kier alpha value is -3.49. The van der Waals surface area contributed by atoms with Gasteiger partial charge in [0.25, 0.3) is 0 Å². The summed E-state index contributed by atoms with van der Waals surface area (Å²) in [6, 6.07) is 2.59. The molecule has 226 valence electrons. The number of aliphatic hydroxyl groups excluding tert-OH is 2. The van der Waals surface area contributed by atoms with Gasteiger partial charge in [-0.05, 0) is 17.9 Å². The molecule has 2 rings (SSSR count). The largest absolute Gasteiger partial charge is 0.394 e. The van der Waals surface area contributed by atoms with Crippen LogP contribution in [0.1, 0.15) is 32.8 Å². The SMILES string of the molecule is CC(=O)N[C@H]1CSC(=O)[C@H](Cc2ccccc2)NC(=O)[C@H](CC(C)C)NC(=O)[C@H](CO)N(C)C(=O)[C@H](CO)NC1=O. The summed E-state index contributed by atoms with van der Waals surface area (Å²) in [4.78, 5) is 78.8. The molecule has 1 heterocycles. The molecule has 1 fully saturated rings. The molecule has 0 aliphatic carbocycles. The van der Waals surface area contributed by atoms with E-state index in [-0.39, 0.29) is 24.5 Å². The van der Waals surface area contributed by atoms with Crippen LogP contribution in [0.2, 0.25) is 0 Å². The highest BCUT2D eigenvalue weighted by atomic mass is 32.2. The van der Waals surface area contributed by atoms with Gasteiger partial charge in [-0.2, -0.15) is 0 Å². The highest BCUT2D eigenvalue weighted by molar-refractivity contribution is 8.13. The third-order valence-corrected chi connectivity index (χ3v) is 7.47. The number of hydrogen-bond acceptors (Lipinski definition) is 9. The number of rotatable bonds is 7. The maximum Gasteiger partial charge on any atom is 0.248 e. The van der Waals surface area contributed by atoms with Crippen molar-refractivity contribution in [2.24, 2.45) is 5.92 Å². The van der Waals surface area contributed by atoms with Gasteiger partial charge < -0.3 is 36.4 Å². The van der Waals surface area contributed by atoms with Crippen molar-refractivity contribution in [2.75, 3.05) is 26.0 Å². The molecule has 0 aromatic heterocycles. The number of benzene rings is 1. The first-order valence-corrected chi connectivity index (χ1v) is 14.2. The second-order valence-corrected chi connectivity index (χ2v) is 11.2. The lowest BCUT2D eigenvalue weighted by atomic mass is 10.0. The number of nitrogens with one attached hydrogen (secondary N) is 4. The lowest BCUT2D eigenvalue weighted by molar-refractivity contribution is -0.145. The summed E-state index contributed by atoms with van der Waals surface area (Å²) in [5, 5.41) is 29.4.